The van der Waals surface area contributed by atoms with Crippen molar-refractivity contribution in [2.45, 2.75) is 65.5 Å². The molecule has 0 fully saturated rings. The zero-order valence-electron chi connectivity index (χ0n) is 9.39. The summed E-state index contributed by atoms with van der Waals surface area (Å²) in [5.74, 6) is 0.349. The molecule has 0 amide bonds. The number of unbranched alkanes of at least 4 members (excludes halogenated alkanes) is 1. The molecule has 80 valence electrons. The fourth-order valence-electron chi connectivity index (χ4n) is 1.39. The summed E-state index contributed by atoms with van der Waals surface area (Å²) in [6, 6.07) is 0.488. The third-order valence-corrected chi connectivity index (χ3v) is 2.12. The molecule has 0 bridgehead atoms. The van der Waals surface area contributed by atoms with E-state index >= 15 is 0 Å². The second-order valence-electron chi connectivity index (χ2n) is 3.84. The molecule has 13 heavy (non-hydrogen) atoms. The maximum atomic E-state index is 11.5. The lowest BCUT2D eigenvalue weighted by molar-refractivity contribution is -0.121. The van der Waals surface area contributed by atoms with Gasteiger partial charge < -0.3 is 5.32 Å². The number of Topliss-reactive ketones (excluding diaryl/α,β-unsaturated/α-hetero) is 1. The van der Waals surface area contributed by atoms with E-state index in [1.54, 1.807) is 0 Å². The Kier molecular flexibility index (Phi) is 6.87. The summed E-state index contributed by atoms with van der Waals surface area (Å²) in [5.41, 5.74) is 0. The Labute approximate surface area is 83.6 Å². The minimum Gasteiger partial charge on any atom is -0.305 e. The molecular formula is C11H25NO. The zero-order valence-corrected chi connectivity index (χ0v) is 9.39. The monoisotopic (exact) mass is 187 g/mol. The highest BCUT2D eigenvalue weighted by Gasteiger charge is 2.15. The molecule has 0 aliphatic carbocycles. The highest BCUT2D eigenvalue weighted by atomic mass is 16.1. The van der Waals surface area contributed by atoms with Crippen LogP contribution in [0.3, 0.4) is 0 Å². The van der Waals surface area contributed by atoms with E-state index < -0.39 is 0 Å². The zero-order chi connectivity index (χ0) is 10.3. The van der Waals surface area contributed by atoms with Gasteiger partial charge in [0.15, 0.2) is 0 Å². The van der Waals surface area contributed by atoms with Crippen LogP contribution in [0.15, 0.2) is 0 Å². The lowest BCUT2D eigenvalue weighted by Gasteiger charge is -2.19. The van der Waals surface area contributed by atoms with Gasteiger partial charge in [-0.25, -0.2) is 0 Å². The average molecular weight is 187 g/mol. The summed E-state index contributed by atoms with van der Waals surface area (Å²) in [7, 11) is 0. The quantitative estimate of drug-likeness (QED) is 0.664. The van der Waals surface area contributed by atoms with Crippen LogP contribution in [-0.2, 0) is 4.79 Å². The van der Waals surface area contributed by atoms with Gasteiger partial charge in [0, 0.05) is 13.9 Å². The summed E-state index contributed by atoms with van der Waals surface area (Å²) >= 11 is 0. The van der Waals surface area contributed by atoms with Crippen molar-refractivity contribution in [3.05, 3.63) is 0 Å². The van der Waals surface area contributed by atoms with E-state index in [4.69, 9.17) is 0 Å². The van der Waals surface area contributed by atoms with E-state index in [-0.39, 0.29) is 7.47 Å². The van der Waals surface area contributed by atoms with Gasteiger partial charge in [-0.3, -0.25) is 4.79 Å². The predicted octanol–water partition coefficient (Wildman–Crippen LogP) is 2.77. The van der Waals surface area contributed by atoms with E-state index in [1.165, 1.54) is 0 Å². The lowest BCUT2D eigenvalue weighted by atomic mass is 10.0. The number of hydrogen-bond donors (Lipinski definition) is 1. The van der Waals surface area contributed by atoms with Gasteiger partial charge in [0.05, 0.1) is 6.04 Å². The second-order valence-corrected chi connectivity index (χ2v) is 3.84. The maximum absolute atomic E-state index is 11.5. The van der Waals surface area contributed by atoms with Gasteiger partial charge in [-0.2, -0.15) is 0 Å². The highest BCUT2D eigenvalue weighted by Crippen LogP contribution is 2.04. The topological polar surface area (TPSA) is 29.1 Å². The fourth-order valence-corrected chi connectivity index (χ4v) is 1.39. The number of hydrogen-bond acceptors (Lipinski definition) is 2. The number of carbonyl (C=O) groups excluding carboxylic acids is 1. The molecular weight excluding hydrogens is 162 g/mol. The molecule has 0 rings (SSSR count). The standard InChI is InChI=1S/C11H23NO.H2/c1-5-7-8-10(11(13)6-2)12-9(3)4;/h9-10,12H,5-8H2,1-4H3;1H/t10-;/m0./s1. The first-order valence-corrected chi connectivity index (χ1v) is 5.40. The smallest absolute Gasteiger partial charge is 0.149 e. The first-order chi connectivity index (χ1) is 6.11. The Hall–Kier alpha value is -0.370. The number of nitrogens with one attached hydrogen (secondary N) is 1. The Morgan fingerprint density at radius 3 is 2.38 bits per heavy atom. The second kappa shape index (κ2) is 7.07. The molecule has 0 saturated heterocycles. The SMILES string of the molecule is CCCC[C@H](NC(C)C)C(=O)CC.[HH]. The fraction of sp³-hybridized carbons (Fsp3) is 0.909. The molecule has 0 aliphatic rings. The molecule has 0 radical (unpaired) electrons. The van der Waals surface area contributed by atoms with E-state index in [0.29, 0.717) is 18.2 Å². The minimum atomic E-state index is 0. The summed E-state index contributed by atoms with van der Waals surface area (Å²) in [6.45, 7) is 8.26. The van der Waals surface area contributed by atoms with Crippen molar-refractivity contribution in [3.63, 3.8) is 0 Å². The summed E-state index contributed by atoms with van der Waals surface area (Å²) < 4.78 is 0. The van der Waals surface area contributed by atoms with Crippen molar-refractivity contribution in [2.75, 3.05) is 0 Å². The van der Waals surface area contributed by atoms with Crippen LogP contribution in [0, 0.1) is 0 Å². The van der Waals surface area contributed by atoms with Crippen LogP contribution in [0.4, 0.5) is 0 Å². The van der Waals surface area contributed by atoms with Crippen LogP contribution in [-0.4, -0.2) is 17.9 Å². The highest BCUT2D eigenvalue weighted by molar-refractivity contribution is 5.83. The first kappa shape index (κ1) is 12.6. The maximum Gasteiger partial charge on any atom is 0.149 e. The van der Waals surface area contributed by atoms with Crippen LogP contribution in [0.25, 0.3) is 0 Å². The number of ketones is 1. The van der Waals surface area contributed by atoms with E-state index in [2.05, 4.69) is 26.1 Å². The van der Waals surface area contributed by atoms with Crippen molar-refractivity contribution < 1.29 is 6.22 Å². The summed E-state index contributed by atoms with van der Waals surface area (Å²) in [5, 5.41) is 3.32. The van der Waals surface area contributed by atoms with Gasteiger partial charge >= 0.3 is 0 Å². The normalized spacial score (nSPS) is 13.3. The van der Waals surface area contributed by atoms with E-state index in [9.17, 15) is 4.79 Å². The summed E-state index contributed by atoms with van der Waals surface area (Å²) in [6.07, 6.45) is 3.93. The molecule has 0 spiro atoms. The van der Waals surface area contributed by atoms with Gasteiger partial charge in [0.2, 0.25) is 0 Å². The van der Waals surface area contributed by atoms with Crippen LogP contribution in [0.2, 0.25) is 0 Å². The van der Waals surface area contributed by atoms with Gasteiger partial charge in [0.1, 0.15) is 5.78 Å². The minimum absolute atomic E-state index is 0. The van der Waals surface area contributed by atoms with Gasteiger partial charge in [-0.05, 0) is 6.42 Å². The van der Waals surface area contributed by atoms with E-state index in [1.807, 2.05) is 6.92 Å². The lowest BCUT2D eigenvalue weighted by Crippen LogP contribution is -2.40. The Morgan fingerprint density at radius 2 is 2.00 bits per heavy atom. The van der Waals surface area contributed by atoms with Crippen molar-refractivity contribution >= 4 is 5.78 Å². The van der Waals surface area contributed by atoms with E-state index in [0.717, 1.165) is 19.3 Å². The molecule has 0 aromatic carbocycles. The van der Waals surface area contributed by atoms with Gasteiger partial charge in [-0.1, -0.05) is 40.5 Å². The van der Waals surface area contributed by atoms with Crippen molar-refractivity contribution in [1.29, 1.82) is 0 Å². The molecule has 1 N–H and O–H groups in total. The molecule has 0 heterocycles. The molecule has 2 nitrogen and oxygen atoms in total. The molecule has 2 heteroatoms. The van der Waals surface area contributed by atoms with Crippen LogP contribution < -0.4 is 5.32 Å². The predicted molar refractivity (Wildman–Crippen MR) is 59.0 cm³/mol. The average Bonchev–Trinajstić information content (AvgIpc) is 2.10. The molecule has 0 aliphatic heterocycles. The summed E-state index contributed by atoms with van der Waals surface area (Å²) in [4.78, 5) is 11.5. The Bertz CT molecular complexity index is 148. The van der Waals surface area contributed by atoms with Crippen LogP contribution in [0.5, 0.6) is 0 Å². The third-order valence-electron chi connectivity index (χ3n) is 2.12. The van der Waals surface area contributed by atoms with Crippen LogP contribution >= 0.6 is 0 Å². The molecule has 1 atom stereocenters. The third kappa shape index (κ3) is 5.81. The van der Waals surface area contributed by atoms with Crippen LogP contribution in [0.1, 0.15) is 54.8 Å². The largest absolute Gasteiger partial charge is 0.305 e. The number of carbonyl (C=O) groups is 1. The molecule has 0 aromatic heterocycles. The molecule has 0 unspecified atom stereocenters. The van der Waals surface area contributed by atoms with Crippen molar-refractivity contribution in [1.82, 2.24) is 5.32 Å². The van der Waals surface area contributed by atoms with Crippen molar-refractivity contribution in [2.24, 2.45) is 0 Å². The molecule has 0 aromatic rings. The van der Waals surface area contributed by atoms with Gasteiger partial charge in [0.25, 0.3) is 0 Å². The van der Waals surface area contributed by atoms with Gasteiger partial charge in [-0.15, -0.1) is 0 Å². The Morgan fingerprint density at radius 1 is 1.38 bits per heavy atom. The Balaban J connectivity index is 0. The first-order valence-electron chi connectivity index (χ1n) is 5.40. The molecule has 0 saturated carbocycles. The van der Waals surface area contributed by atoms with Crippen molar-refractivity contribution in [3.8, 4) is 0 Å². The number of rotatable bonds is 7.